The summed E-state index contributed by atoms with van der Waals surface area (Å²) in [5, 5.41) is 3.63. The third-order valence-electron chi connectivity index (χ3n) is 2.88. The first-order valence-electron chi connectivity index (χ1n) is 6.87. The molecular weight excluding hydrogens is 283 g/mol. The minimum atomic E-state index is -4.30. The van der Waals surface area contributed by atoms with Gasteiger partial charge in [-0.1, -0.05) is 39.0 Å². The summed E-state index contributed by atoms with van der Waals surface area (Å²) in [5.74, 6) is 0.644. The van der Waals surface area contributed by atoms with E-state index in [0.29, 0.717) is 16.6 Å². The molecule has 1 unspecified atom stereocenters. The van der Waals surface area contributed by atoms with E-state index < -0.39 is 11.7 Å². The van der Waals surface area contributed by atoms with E-state index in [4.69, 9.17) is 0 Å². The summed E-state index contributed by atoms with van der Waals surface area (Å²) in [6, 6.07) is 5.59. The highest BCUT2D eigenvalue weighted by Crippen LogP contribution is 2.35. The van der Waals surface area contributed by atoms with Crippen molar-refractivity contribution in [2.75, 3.05) is 12.3 Å². The predicted octanol–water partition coefficient (Wildman–Crippen LogP) is 4.89. The molecule has 0 spiro atoms. The summed E-state index contributed by atoms with van der Waals surface area (Å²) in [6.07, 6.45) is -3.40. The van der Waals surface area contributed by atoms with E-state index in [-0.39, 0.29) is 6.04 Å². The molecule has 0 radical (unpaired) electrons. The number of thioether (sulfide) groups is 1. The molecule has 20 heavy (non-hydrogen) atoms. The highest BCUT2D eigenvalue weighted by atomic mass is 32.2. The van der Waals surface area contributed by atoms with Crippen LogP contribution in [0.4, 0.5) is 13.2 Å². The van der Waals surface area contributed by atoms with E-state index in [9.17, 15) is 13.2 Å². The van der Waals surface area contributed by atoms with E-state index >= 15 is 0 Å². The number of nitrogens with one attached hydrogen (secondary N) is 1. The lowest BCUT2D eigenvalue weighted by Crippen LogP contribution is -2.27. The molecule has 0 saturated carbocycles. The maximum Gasteiger partial charge on any atom is 0.416 e. The number of alkyl halides is 3. The molecule has 0 amide bonds. The van der Waals surface area contributed by atoms with Crippen molar-refractivity contribution in [2.45, 2.75) is 44.7 Å². The molecule has 0 fully saturated rings. The first kappa shape index (κ1) is 17.4. The van der Waals surface area contributed by atoms with Gasteiger partial charge in [-0.2, -0.15) is 24.9 Å². The molecule has 1 rings (SSSR count). The van der Waals surface area contributed by atoms with Crippen molar-refractivity contribution in [3.05, 3.63) is 35.4 Å². The molecule has 0 saturated heterocycles. The molecule has 0 heterocycles. The fourth-order valence-electron chi connectivity index (χ4n) is 1.92. The topological polar surface area (TPSA) is 12.0 Å². The van der Waals surface area contributed by atoms with Crippen molar-refractivity contribution >= 4 is 11.8 Å². The smallest absolute Gasteiger partial charge is 0.309 e. The number of benzene rings is 1. The average Bonchev–Trinajstić information content (AvgIpc) is 2.37. The molecule has 1 N–H and O–H groups in total. The van der Waals surface area contributed by atoms with Gasteiger partial charge in [0.1, 0.15) is 0 Å². The molecule has 114 valence electrons. The molecule has 0 aliphatic rings. The van der Waals surface area contributed by atoms with Crippen molar-refractivity contribution < 1.29 is 13.2 Å². The highest BCUT2D eigenvalue weighted by Gasteiger charge is 2.34. The minimum absolute atomic E-state index is 0.264. The first-order valence-corrected chi connectivity index (χ1v) is 7.92. The lowest BCUT2D eigenvalue weighted by molar-refractivity contribution is -0.138. The zero-order chi connectivity index (χ0) is 15.2. The van der Waals surface area contributed by atoms with Gasteiger partial charge < -0.3 is 5.32 Å². The summed E-state index contributed by atoms with van der Waals surface area (Å²) in [5.41, 5.74) is -0.181. The summed E-state index contributed by atoms with van der Waals surface area (Å²) >= 11 is 1.67. The molecule has 0 aromatic heterocycles. The van der Waals surface area contributed by atoms with Gasteiger partial charge in [0.15, 0.2) is 0 Å². The number of rotatable bonds is 7. The SMILES string of the molecule is CCCNC(CSC(C)C)c1ccccc1C(F)(F)F. The van der Waals surface area contributed by atoms with Crippen molar-refractivity contribution in [3.63, 3.8) is 0 Å². The summed E-state index contributed by atoms with van der Waals surface area (Å²) in [4.78, 5) is 0. The van der Waals surface area contributed by atoms with Crippen LogP contribution in [0.5, 0.6) is 0 Å². The monoisotopic (exact) mass is 305 g/mol. The van der Waals surface area contributed by atoms with Crippen LogP contribution in [0.25, 0.3) is 0 Å². The Kier molecular flexibility index (Phi) is 6.89. The Balaban J connectivity index is 3.00. The van der Waals surface area contributed by atoms with Crippen LogP contribution in [0.1, 0.15) is 44.4 Å². The number of hydrogen-bond donors (Lipinski definition) is 1. The molecule has 0 aliphatic carbocycles. The Bertz CT molecular complexity index is 404. The third kappa shape index (κ3) is 5.37. The summed E-state index contributed by atoms with van der Waals surface area (Å²) in [7, 11) is 0. The largest absolute Gasteiger partial charge is 0.416 e. The Morgan fingerprint density at radius 2 is 1.85 bits per heavy atom. The van der Waals surface area contributed by atoms with E-state index in [2.05, 4.69) is 19.2 Å². The second kappa shape index (κ2) is 7.93. The van der Waals surface area contributed by atoms with Crippen molar-refractivity contribution in [2.24, 2.45) is 0 Å². The minimum Gasteiger partial charge on any atom is -0.309 e. The van der Waals surface area contributed by atoms with Crippen LogP contribution in [0.2, 0.25) is 0 Å². The number of hydrogen-bond acceptors (Lipinski definition) is 2. The fraction of sp³-hybridized carbons (Fsp3) is 0.600. The Morgan fingerprint density at radius 3 is 2.40 bits per heavy atom. The highest BCUT2D eigenvalue weighted by molar-refractivity contribution is 7.99. The lowest BCUT2D eigenvalue weighted by atomic mass is 10.0. The molecule has 1 aromatic rings. The number of halogens is 3. The van der Waals surface area contributed by atoms with Crippen LogP contribution >= 0.6 is 11.8 Å². The van der Waals surface area contributed by atoms with Gasteiger partial charge in [-0.25, -0.2) is 0 Å². The predicted molar refractivity (Wildman–Crippen MR) is 80.1 cm³/mol. The fourth-order valence-corrected chi connectivity index (χ4v) is 2.80. The summed E-state index contributed by atoms with van der Waals surface area (Å²) in [6.45, 7) is 6.83. The molecule has 5 heteroatoms. The van der Waals surface area contributed by atoms with E-state index in [1.54, 1.807) is 23.9 Å². The first-order chi connectivity index (χ1) is 9.36. The van der Waals surface area contributed by atoms with Crippen LogP contribution in [-0.4, -0.2) is 17.5 Å². The van der Waals surface area contributed by atoms with Crippen LogP contribution in [-0.2, 0) is 6.18 Å². The quantitative estimate of drug-likeness (QED) is 0.770. The van der Waals surface area contributed by atoms with Gasteiger partial charge in [-0.05, 0) is 29.8 Å². The Labute approximate surface area is 123 Å². The van der Waals surface area contributed by atoms with Crippen LogP contribution < -0.4 is 5.32 Å². The second-order valence-corrected chi connectivity index (χ2v) is 6.58. The zero-order valence-electron chi connectivity index (χ0n) is 12.1. The molecule has 1 nitrogen and oxygen atoms in total. The Morgan fingerprint density at radius 1 is 1.20 bits per heavy atom. The van der Waals surface area contributed by atoms with Gasteiger partial charge in [-0.15, -0.1) is 0 Å². The van der Waals surface area contributed by atoms with Gasteiger partial charge in [0.25, 0.3) is 0 Å². The van der Waals surface area contributed by atoms with Gasteiger partial charge in [0.2, 0.25) is 0 Å². The van der Waals surface area contributed by atoms with E-state index in [1.165, 1.54) is 6.07 Å². The van der Waals surface area contributed by atoms with Gasteiger partial charge in [0, 0.05) is 11.8 Å². The maximum atomic E-state index is 13.1. The van der Waals surface area contributed by atoms with Gasteiger partial charge >= 0.3 is 6.18 Å². The molecule has 0 bridgehead atoms. The zero-order valence-corrected chi connectivity index (χ0v) is 12.9. The average molecular weight is 305 g/mol. The molecule has 1 atom stereocenters. The molecule has 1 aromatic carbocycles. The van der Waals surface area contributed by atoms with Gasteiger partial charge in [-0.3, -0.25) is 0 Å². The van der Waals surface area contributed by atoms with Crippen molar-refractivity contribution in [1.82, 2.24) is 5.32 Å². The normalized spacial score (nSPS) is 13.8. The lowest BCUT2D eigenvalue weighted by Gasteiger charge is -2.23. The van der Waals surface area contributed by atoms with Crippen LogP contribution in [0, 0.1) is 0 Å². The second-order valence-electron chi connectivity index (χ2n) is 4.97. The Hall–Kier alpha value is -0.680. The standard InChI is InChI=1S/C15H22F3NS/c1-4-9-19-14(10-20-11(2)3)12-7-5-6-8-13(12)15(16,17)18/h5-8,11,14,19H,4,9-10H2,1-3H3. The summed E-state index contributed by atoms with van der Waals surface area (Å²) < 4.78 is 39.3. The van der Waals surface area contributed by atoms with Crippen molar-refractivity contribution in [1.29, 1.82) is 0 Å². The van der Waals surface area contributed by atoms with E-state index in [1.807, 2.05) is 6.92 Å². The van der Waals surface area contributed by atoms with Crippen LogP contribution in [0.3, 0.4) is 0 Å². The third-order valence-corrected chi connectivity index (χ3v) is 4.07. The molecule has 0 aliphatic heterocycles. The van der Waals surface area contributed by atoms with Crippen molar-refractivity contribution in [3.8, 4) is 0 Å². The molecular formula is C15H22F3NS. The van der Waals surface area contributed by atoms with Crippen LogP contribution in [0.15, 0.2) is 24.3 Å². The maximum absolute atomic E-state index is 13.1. The van der Waals surface area contributed by atoms with Gasteiger partial charge in [0.05, 0.1) is 5.56 Å². The van der Waals surface area contributed by atoms with E-state index in [0.717, 1.165) is 19.0 Å².